The second-order valence-electron chi connectivity index (χ2n) is 7.89. The summed E-state index contributed by atoms with van der Waals surface area (Å²) in [6.45, 7) is 3.06. The molecule has 3 rings (SSSR count). The quantitative estimate of drug-likeness (QED) is 0.361. The summed E-state index contributed by atoms with van der Waals surface area (Å²) in [5, 5.41) is 11.1. The molecule has 1 fully saturated rings. The lowest BCUT2D eigenvalue weighted by Crippen LogP contribution is -2.32. The molecule has 0 bridgehead atoms. The number of carbonyl (C=O) groups is 2. The zero-order valence-electron chi connectivity index (χ0n) is 18.2. The van der Waals surface area contributed by atoms with Gasteiger partial charge in [0.1, 0.15) is 11.5 Å². The fourth-order valence-corrected chi connectivity index (χ4v) is 4.29. The van der Waals surface area contributed by atoms with E-state index in [1.807, 2.05) is 50.2 Å². The maximum absolute atomic E-state index is 13.0. The van der Waals surface area contributed by atoms with E-state index in [1.165, 1.54) is 0 Å². The Morgan fingerprint density at radius 3 is 2.55 bits per heavy atom. The van der Waals surface area contributed by atoms with Crippen LogP contribution in [0.25, 0.3) is 5.76 Å². The first-order valence-electron chi connectivity index (χ1n) is 10.1. The fourth-order valence-electron chi connectivity index (χ4n) is 3.87. The van der Waals surface area contributed by atoms with Gasteiger partial charge in [-0.1, -0.05) is 28.1 Å². The monoisotopic (exact) mass is 486 g/mol. The van der Waals surface area contributed by atoms with Crippen molar-refractivity contribution < 1.29 is 19.4 Å². The Kier molecular flexibility index (Phi) is 7.18. The Morgan fingerprint density at radius 2 is 1.94 bits per heavy atom. The number of ketones is 1. The van der Waals surface area contributed by atoms with Crippen LogP contribution in [0.5, 0.6) is 5.75 Å². The minimum Gasteiger partial charge on any atom is -0.507 e. The van der Waals surface area contributed by atoms with Gasteiger partial charge in [-0.25, -0.2) is 0 Å². The summed E-state index contributed by atoms with van der Waals surface area (Å²) in [5.41, 5.74) is 2.18. The third-order valence-corrected chi connectivity index (χ3v) is 5.87. The molecule has 2 aromatic carbocycles. The molecule has 1 saturated heterocycles. The number of amides is 1. The highest BCUT2D eigenvalue weighted by molar-refractivity contribution is 9.10. The van der Waals surface area contributed by atoms with Crippen LogP contribution in [0.2, 0.25) is 0 Å². The molecule has 0 spiro atoms. The topological polar surface area (TPSA) is 70.1 Å². The normalized spacial score (nSPS) is 18.1. The van der Waals surface area contributed by atoms with Crippen LogP contribution >= 0.6 is 15.9 Å². The largest absolute Gasteiger partial charge is 0.507 e. The lowest BCUT2D eigenvalue weighted by Gasteiger charge is -2.26. The first kappa shape index (κ1) is 23.0. The van der Waals surface area contributed by atoms with Crippen molar-refractivity contribution in [2.24, 2.45) is 0 Å². The molecule has 1 aliphatic heterocycles. The lowest BCUT2D eigenvalue weighted by molar-refractivity contribution is -0.139. The molecule has 31 heavy (non-hydrogen) atoms. The number of hydrogen-bond acceptors (Lipinski definition) is 5. The van der Waals surface area contributed by atoms with Crippen molar-refractivity contribution in [3.05, 3.63) is 69.2 Å². The lowest BCUT2D eigenvalue weighted by atomic mass is 9.94. The maximum Gasteiger partial charge on any atom is 0.295 e. The van der Waals surface area contributed by atoms with E-state index in [4.69, 9.17) is 4.74 Å². The number of ether oxygens (including phenoxy) is 1. The van der Waals surface area contributed by atoms with Gasteiger partial charge in [-0.3, -0.25) is 9.59 Å². The first-order chi connectivity index (χ1) is 14.7. The van der Waals surface area contributed by atoms with E-state index in [1.54, 1.807) is 30.2 Å². The molecule has 2 aromatic rings. The number of halogens is 1. The number of hydrogen-bond donors (Lipinski definition) is 1. The third-order valence-electron chi connectivity index (χ3n) is 5.38. The Hall–Kier alpha value is -2.64. The number of aliphatic hydroxyl groups is 1. The summed E-state index contributed by atoms with van der Waals surface area (Å²) in [7, 11) is 5.51. The Bertz CT molecular complexity index is 1030. The van der Waals surface area contributed by atoms with E-state index in [-0.39, 0.29) is 11.3 Å². The van der Waals surface area contributed by atoms with Crippen LogP contribution in [0.4, 0.5) is 0 Å². The summed E-state index contributed by atoms with van der Waals surface area (Å²) in [5.74, 6) is -0.746. The number of rotatable bonds is 7. The summed E-state index contributed by atoms with van der Waals surface area (Å²) in [6, 6.07) is 12.0. The van der Waals surface area contributed by atoms with E-state index < -0.39 is 17.7 Å². The van der Waals surface area contributed by atoms with Crippen LogP contribution < -0.4 is 4.74 Å². The number of nitrogens with zero attached hydrogens (tertiary/aromatic N) is 2. The number of methoxy groups -OCH3 is 1. The molecule has 0 radical (unpaired) electrons. The standard InChI is InChI=1S/C24H27BrN2O4/c1-15-13-17(9-10-19(15)31-4)22(28)20-21(16-7-5-8-18(25)14-16)27(24(30)23(20)29)12-6-11-26(2)3/h5,7-10,13-14,21,28H,6,11-12H2,1-4H3/b22-20-. The molecule has 0 saturated carbocycles. The molecule has 1 heterocycles. The van der Waals surface area contributed by atoms with E-state index in [2.05, 4.69) is 15.9 Å². The molecule has 164 valence electrons. The average molecular weight is 487 g/mol. The first-order valence-corrected chi connectivity index (χ1v) is 10.9. The van der Waals surface area contributed by atoms with Gasteiger partial charge in [0.05, 0.1) is 18.7 Å². The van der Waals surface area contributed by atoms with Crippen molar-refractivity contribution in [1.82, 2.24) is 9.80 Å². The van der Waals surface area contributed by atoms with Gasteiger partial charge >= 0.3 is 0 Å². The second-order valence-corrected chi connectivity index (χ2v) is 8.80. The predicted octanol–water partition coefficient (Wildman–Crippen LogP) is 4.14. The number of Topliss-reactive ketones (excluding diaryl/α,β-unsaturated/α-hetero) is 1. The molecule has 7 heteroatoms. The number of aryl methyl sites for hydroxylation is 1. The summed E-state index contributed by atoms with van der Waals surface area (Å²) in [4.78, 5) is 29.6. The number of likely N-dealkylation sites (tertiary alicyclic amines) is 1. The van der Waals surface area contributed by atoms with Crippen molar-refractivity contribution in [3.8, 4) is 5.75 Å². The van der Waals surface area contributed by atoms with Gasteiger partial charge in [-0.15, -0.1) is 0 Å². The van der Waals surface area contributed by atoms with Crippen LogP contribution in [0.1, 0.15) is 29.2 Å². The molecule has 6 nitrogen and oxygen atoms in total. The minimum absolute atomic E-state index is 0.109. The Labute approximate surface area is 191 Å². The SMILES string of the molecule is COc1ccc(/C(O)=C2/C(=O)C(=O)N(CCCN(C)C)C2c2cccc(Br)c2)cc1C. The van der Waals surface area contributed by atoms with Gasteiger partial charge in [-0.2, -0.15) is 0 Å². The molecule has 0 aromatic heterocycles. The summed E-state index contributed by atoms with van der Waals surface area (Å²) in [6.07, 6.45) is 0.714. The van der Waals surface area contributed by atoms with Crippen LogP contribution in [-0.2, 0) is 9.59 Å². The summed E-state index contributed by atoms with van der Waals surface area (Å²) >= 11 is 3.47. The molecular formula is C24H27BrN2O4. The third kappa shape index (κ3) is 4.83. The molecule has 0 aliphatic carbocycles. The second kappa shape index (κ2) is 9.66. The van der Waals surface area contributed by atoms with E-state index >= 15 is 0 Å². The highest BCUT2D eigenvalue weighted by Crippen LogP contribution is 2.40. The highest BCUT2D eigenvalue weighted by atomic mass is 79.9. The molecule has 1 N–H and O–H groups in total. The minimum atomic E-state index is -0.666. The van der Waals surface area contributed by atoms with Crippen molar-refractivity contribution in [1.29, 1.82) is 0 Å². The van der Waals surface area contributed by atoms with Gasteiger partial charge in [0.25, 0.3) is 11.7 Å². The number of carbonyl (C=O) groups excluding carboxylic acids is 2. The molecular weight excluding hydrogens is 460 g/mol. The molecule has 1 atom stereocenters. The Balaban J connectivity index is 2.11. The van der Waals surface area contributed by atoms with Crippen molar-refractivity contribution in [2.75, 3.05) is 34.3 Å². The van der Waals surface area contributed by atoms with Gasteiger partial charge < -0.3 is 19.6 Å². The maximum atomic E-state index is 13.0. The van der Waals surface area contributed by atoms with Crippen molar-refractivity contribution in [3.63, 3.8) is 0 Å². The summed E-state index contributed by atoms with van der Waals surface area (Å²) < 4.78 is 6.13. The van der Waals surface area contributed by atoms with Crippen LogP contribution in [-0.4, -0.2) is 60.9 Å². The van der Waals surface area contributed by atoms with Crippen LogP contribution in [0.15, 0.2) is 52.5 Å². The van der Waals surface area contributed by atoms with Crippen molar-refractivity contribution >= 4 is 33.4 Å². The highest BCUT2D eigenvalue weighted by Gasteiger charge is 2.45. The number of benzene rings is 2. The van der Waals surface area contributed by atoms with E-state index in [0.717, 1.165) is 22.1 Å². The number of aliphatic hydroxyl groups excluding tert-OH is 1. The van der Waals surface area contributed by atoms with E-state index in [0.29, 0.717) is 24.3 Å². The Morgan fingerprint density at radius 1 is 1.19 bits per heavy atom. The average Bonchev–Trinajstić information content (AvgIpc) is 2.98. The van der Waals surface area contributed by atoms with E-state index in [9.17, 15) is 14.7 Å². The van der Waals surface area contributed by atoms with Gasteiger partial charge in [0.2, 0.25) is 0 Å². The molecule has 1 unspecified atom stereocenters. The van der Waals surface area contributed by atoms with Gasteiger partial charge in [0.15, 0.2) is 0 Å². The predicted molar refractivity (Wildman–Crippen MR) is 124 cm³/mol. The van der Waals surface area contributed by atoms with Crippen LogP contribution in [0.3, 0.4) is 0 Å². The van der Waals surface area contributed by atoms with Crippen LogP contribution in [0, 0.1) is 6.92 Å². The smallest absolute Gasteiger partial charge is 0.295 e. The zero-order valence-corrected chi connectivity index (χ0v) is 19.8. The van der Waals surface area contributed by atoms with Crippen molar-refractivity contribution in [2.45, 2.75) is 19.4 Å². The molecule has 1 aliphatic rings. The fraction of sp³-hybridized carbons (Fsp3) is 0.333. The zero-order chi connectivity index (χ0) is 22.7. The van der Waals surface area contributed by atoms with Gasteiger partial charge in [-0.05, 0) is 75.4 Å². The molecule has 1 amide bonds. The van der Waals surface area contributed by atoms with Gasteiger partial charge in [0, 0.05) is 16.6 Å².